The van der Waals surface area contributed by atoms with E-state index in [0.717, 1.165) is 18.8 Å². The fourth-order valence-corrected chi connectivity index (χ4v) is 2.09. The van der Waals surface area contributed by atoms with Crippen LogP contribution in [0.4, 0.5) is 0 Å². The highest BCUT2D eigenvalue weighted by Gasteiger charge is 2.04. The van der Waals surface area contributed by atoms with Crippen LogP contribution in [-0.2, 0) is 6.54 Å². The molecular formula is C8H13ClN2S. The van der Waals surface area contributed by atoms with Crippen LogP contribution in [-0.4, -0.2) is 29.4 Å². The predicted octanol–water partition coefficient (Wildman–Crippen LogP) is 2.12. The maximum atomic E-state index is 5.62. The molecule has 0 N–H and O–H groups in total. The zero-order chi connectivity index (χ0) is 8.97. The van der Waals surface area contributed by atoms with Crippen molar-refractivity contribution in [2.24, 2.45) is 0 Å². The standard InChI is InChI=1S/C8H13ClN2S/c1-7-8(12-6-10-7)5-11(2)4-3-9/h6H,3-5H2,1-2H3. The highest BCUT2D eigenvalue weighted by molar-refractivity contribution is 7.09. The van der Waals surface area contributed by atoms with Gasteiger partial charge < -0.3 is 4.90 Å². The van der Waals surface area contributed by atoms with Gasteiger partial charge in [0.05, 0.1) is 11.2 Å². The summed E-state index contributed by atoms with van der Waals surface area (Å²) in [5.41, 5.74) is 3.03. The molecule has 0 atom stereocenters. The van der Waals surface area contributed by atoms with Crippen molar-refractivity contribution >= 4 is 22.9 Å². The van der Waals surface area contributed by atoms with E-state index in [9.17, 15) is 0 Å². The lowest BCUT2D eigenvalue weighted by molar-refractivity contribution is 0.350. The van der Waals surface area contributed by atoms with Gasteiger partial charge in [-0.2, -0.15) is 0 Å². The summed E-state index contributed by atoms with van der Waals surface area (Å²) < 4.78 is 0. The molecule has 0 aliphatic heterocycles. The summed E-state index contributed by atoms with van der Waals surface area (Å²) in [6, 6.07) is 0. The molecule has 0 saturated carbocycles. The van der Waals surface area contributed by atoms with Gasteiger partial charge in [-0.25, -0.2) is 4.98 Å². The van der Waals surface area contributed by atoms with Crippen molar-refractivity contribution in [2.45, 2.75) is 13.5 Å². The molecule has 0 spiro atoms. The number of alkyl halides is 1. The minimum absolute atomic E-state index is 0.689. The summed E-state index contributed by atoms with van der Waals surface area (Å²) in [6.07, 6.45) is 0. The van der Waals surface area contributed by atoms with Crippen LogP contribution in [0, 0.1) is 6.92 Å². The van der Waals surface area contributed by atoms with Crippen LogP contribution in [0.15, 0.2) is 5.51 Å². The van der Waals surface area contributed by atoms with Crippen molar-refractivity contribution in [2.75, 3.05) is 19.5 Å². The van der Waals surface area contributed by atoms with E-state index < -0.39 is 0 Å². The Morgan fingerprint density at radius 1 is 1.67 bits per heavy atom. The van der Waals surface area contributed by atoms with Crippen molar-refractivity contribution in [1.82, 2.24) is 9.88 Å². The van der Waals surface area contributed by atoms with Crippen molar-refractivity contribution < 1.29 is 0 Å². The minimum atomic E-state index is 0.689. The zero-order valence-corrected chi connectivity index (χ0v) is 8.95. The van der Waals surface area contributed by atoms with E-state index >= 15 is 0 Å². The topological polar surface area (TPSA) is 16.1 Å². The number of aryl methyl sites for hydroxylation is 1. The van der Waals surface area contributed by atoms with Gasteiger partial charge in [0.15, 0.2) is 0 Å². The smallest absolute Gasteiger partial charge is 0.0798 e. The third-order valence-corrected chi connectivity index (χ3v) is 2.81. The van der Waals surface area contributed by atoms with Crippen LogP contribution in [0.2, 0.25) is 0 Å². The van der Waals surface area contributed by atoms with Crippen LogP contribution in [0.1, 0.15) is 10.6 Å². The first kappa shape index (κ1) is 9.96. The summed E-state index contributed by atoms with van der Waals surface area (Å²) in [7, 11) is 2.07. The largest absolute Gasteiger partial charge is 0.300 e. The van der Waals surface area contributed by atoms with E-state index in [4.69, 9.17) is 11.6 Å². The number of halogens is 1. The number of hydrogen-bond donors (Lipinski definition) is 0. The van der Waals surface area contributed by atoms with Gasteiger partial charge in [0, 0.05) is 23.8 Å². The lowest BCUT2D eigenvalue weighted by Crippen LogP contribution is -2.19. The number of rotatable bonds is 4. The quantitative estimate of drug-likeness (QED) is 0.699. The van der Waals surface area contributed by atoms with Crippen LogP contribution >= 0.6 is 22.9 Å². The summed E-state index contributed by atoms with van der Waals surface area (Å²) in [5, 5.41) is 0. The molecule has 0 unspecified atom stereocenters. The van der Waals surface area contributed by atoms with E-state index in [2.05, 4.69) is 16.9 Å². The van der Waals surface area contributed by atoms with Gasteiger partial charge in [0.2, 0.25) is 0 Å². The Bertz CT molecular complexity index is 237. The van der Waals surface area contributed by atoms with E-state index in [1.165, 1.54) is 4.88 Å². The fourth-order valence-electron chi connectivity index (χ4n) is 0.946. The summed E-state index contributed by atoms with van der Waals surface area (Å²) in [6.45, 7) is 3.93. The highest BCUT2D eigenvalue weighted by Crippen LogP contribution is 2.13. The Labute approximate surface area is 82.2 Å². The Morgan fingerprint density at radius 3 is 2.92 bits per heavy atom. The number of aromatic nitrogens is 1. The monoisotopic (exact) mass is 204 g/mol. The molecule has 0 aliphatic carbocycles. The van der Waals surface area contributed by atoms with Crippen LogP contribution in [0.25, 0.3) is 0 Å². The molecule has 68 valence electrons. The minimum Gasteiger partial charge on any atom is -0.300 e. The third kappa shape index (κ3) is 2.73. The Kier molecular flexibility index (Phi) is 3.98. The average molecular weight is 205 g/mol. The van der Waals surface area contributed by atoms with Gasteiger partial charge in [-0.1, -0.05) is 0 Å². The predicted molar refractivity (Wildman–Crippen MR) is 53.9 cm³/mol. The molecule has 0 bridgehead atoms. The molecule has 4 heteroatoms. The van der Waals surface area contributed by atoms with Gasteiger partial charge in [-0.05, 0) is 14.0 Å². The molecular weight excluding hydrogens is 192 g/mol. The maximum absolute atomic E-state index is 5.62. The van der Waals surface area contributed by atoms with E-state index in [1.54, 1.807) is 11.3 Å². The van der Waals surface area contributed by atoms with Crippen molar-refractivity contribution in [1.29, 1.82) is 0 Å². The molecule has 1 rings (SSSR count). The van der Waals surface area contributed by atoms with Crippen molar-refractivity contribution in [3.63, 3.8) is 0 Å². The normalized spacial score (nSPS) is 11.0. The van der Waals surface area contributed by atoms with Crippen LogP contribution in [0.5, 0.6) is 0 Å². The first-order valence-corrected chi connectivity index (χ1v) is 5.29. The molecule has 0 aromatic carbocycles. The molecule has 1 aromatic heterocycles. The summed E-state index contributed by atoms with van der Waals surface area (Å²) in [4.78, 5) is 7.73. The summed E-state index contributed by atoms with van der Waals surface area (Å²) >= 11 is 7.33. The van der Waals surface area contributed by atoms with Gasteiger partial charge in [0.25, 0.3) is 0 Å². The second-order valence-electron chi connectivity index (χ2n) is 2.79. The zero-order valence-electron chi connectivity index (χ0n) is 7.38. The van der Waals surface area contributed by atoms with Crippen LogP contribution < -0.4 is 0 Å². The van der Waals surface area contributed by atoms with E-state index in [0.29, 0.717) is 5.88 Å². The van der Waals surface area contributed by atoms with Crippen molar-refractivity contribution in [3.05, 3.63) is 16.1 Å². The number of thiazole rings is 1. The third-order valence-electron chi connectivity index (χ3n) is 1.72. The first-order chi connectivity index (χ1) is 5.74. The molecule has 0 fully saturated rings. The molecule has 0 amide bonds. The van der Waals surface area contributed by atoms with Crippen LogP contribution in [0.3, 0.4) is 0 Å². The molecule has 0 aliphatic rings. The number of nitrogens with zero attached hydrogens (tertiary/aromatic N) is 2. The van der Waals surface area contributed by atoms with Gasteiger partial charge in [-0.3, -0.25) is 0 Å². The molecule has 12 heavy (non-hydrogen) atoms. The second-order valence-corrected chi connectivity index (χ2v) is 4.10. The maximum Gasteiger partial charge on any atom is 0.0798 e. The van der Waals surface area contributed by atoms with Gasteiger partial charge in [-0.15, -0.1) is 22.9 Å². The van der Waals surface area contributed by atoms with E-state index in [1.807, 2.05) is 12.4 Å². The Balaban J connectivity index is 2.46. The highest BCUT2D eigenvalue weighted by atomic mass is 35.5. The second kappa shape index (κ2) is 4.80. The van der Waals surface area contributed by atoms with Gasteiger partial charge in [0.1, 0.15) is 0 Å². The fraction of sp³-hybridized carbons (Fsp3) is 0.625. The molecule has 0 saturated heterocycles. The van der Waals surface area contributed by atoms with Crippen molar-refractivity contribution in [3.8, 4) is 0 Å². The lowest BCUT2D eigenvalue weighted by atomic mass is 10.4. The first-order valence-electron chi connectivity index (χ1n) is 3.87. The van der Waals surface area contributed by atoms with E-state index in [-0.39, 0.29) is 0 Å². The molecule has 0 radical (unpaired) electrons. The molecule has 2 nitrogen and oxygen atoms in total. The Hall–Kier alpha value is -0.120. The lowest BCUT2D eigenvalue weighted by Gasteiger charge is -2.13. The SMILES string of the molecule is Cc1ncsc1CN(C)CCCl. The molecule has 1 heterocycles. The molecule has 1 aromatic rings. The average Bonchev–Trinajstić information content (AvgIpc) is 2.37. The Morgan fingerprint density at radius 2 is 2.42 bits per heavy atom. The summed E-state index contributed by atoms with van der Waals surface area (Å²) in [5.74, 6) is 0.689. The number of hydrogen-bond acceptors (Lipinski definition) is 3. The van der Waals surface area contributed by atoms with Gasteiger partial charge >= 0.3 is 0 Å².